The van der Waals surface area contributed by atoms with E-state index < -0.39 is 10.0 Å². The number of pyridine rings is 1. The maximum absolute atomic E-state index is 13.8. The maximum Gasteiger partial charge on any atom is 0.243 e. The van der Waals surface area contributed by atoms with E-state index in [-0.39, 0.29) is 43.3 Å². The molecule has 38 heavy (non-hydrogen) atoms. The quantitative estimate of drug-likeness (QED) is 0.341. The highest BCUT2D eigenvalue weighted by Crippen LogP contribution is 2.31. The molecule has 1 aliphatic heterocycles. The fraction of sp³-hybridized carbons (Fsp3) is 0.296. The lowest BCUT2D eigenvalue weighted by Crippen LogP contribution is -2.61. The van der Waals surface area contributed by atoms with Gasteiger partial charge in [0.05, 0.1) is 4.90 Å². The van der Waals surface area contributed by atoms with Crippen LogP contribution in [0, 0.1) is 0 Å². The van der Waals surface area contributed by atoms with Crippen LogP contribution in [0.25, 0.3) is 21.9 Å². The van der Waals surface area contributed by atoms with Crippen molar-refractivity contribution in [1.82, 2.24) is 19.3 Å². The van der Waals surface area contributed by atoms with Crippen LogP contribution in [-0.2, 0) is 10.0 Å². The molecule has 1 saturated heterocycles. The molecule has 3 heterocycles. The van der Waals surface area contributed by atoms with E-state index in [4.69, 9.17) is 11.6 Å². The van der Waals surface area contributed by atoms with Crippen LogP contribution in [0.5, 0.6) is 0 Å². The van der Waals surface area contributed by atoms with Gasteiger partial charge in [0.1, 0.15) is 0 Å². The summed E-state index contributed by atoms with van der Waals surface area (Å²) in [6.07, 6.45) is 7.46. The summed E-state index contributed by atoms with van der Waals surface area (Å²) in [6, 6.07) is 13.3. The fourth-order valence-electron chi connectivity index (χ4n) is 4.95. The van der Waals surface area contributed by atoms with E-state index >= 15 is 0 Å². The van der Waals surface area contributed by atoms with Crippen molar-refractivity contribution < 1.29 is 18.6 Å². The summed E-state index contributed by atoms with van der Waals surface area (Å²) in [5.74, 6) is 0.430. The molecule has 2 unspecified atom stereocenters. The van der Waals surface area contributed by atoms with Gasteiger partial charge in [-0.1, -0.05) is 23.7 Å². The van der Waals surface area contributed by atoms with Gasteiger partial charge in [-0.25, -0.2) is 18.4 Å². The zero-order valence-corrected chi connectivity index (χ0v) is 22.1. The Bertz CT molecular complexity index is 1490. The fourth-order valence-corrected chi connectivity index (χ4v) is 6.68. The molecule has 9 nitrogen and oxygen atoms in total. The molecule has 2 aromatic carbocycles. The van der Waals surface area contributed by atoms with Gasteiger partial charge in [0.25, 0.3) is 0 Å². The number of aliphatic hydroxyl groups excluding tert-OH is 2. The first-order valence-corrected chi connectivity index (χ1v) is 14.1. The van der Waals surface area contributed by atoms with Crippen LogP contribution in [0.15, 0.2) is 78.2 Å². The van der Waals surface area contributed by atoms with Gasteiger partial charge in [0.2, 0.25) is 16.0 Å². The summed E-state index contributed by atoms with van der Waals surface area (Å²) in [4.78, 5) is 15.3. The molecule has 11 heteroatoms. The van der Waals surface area contributed by atoms with Gasteiger partial charge in [-0.3, -0.25) is 4.98 Å². The van der Waals surface area contributed by atoms with Crippen LogP contribution in [0.2, 0.25) is 5.02 Å². The lowest BCUT2D eigenvalue weighted by atomic mass is 10.0. The number of piperazine rings is 1. The average Bonchev–Trinajstić information content (AvgIpc) is 2.93. The van der Waals surface area contributed by atoms with Gasteiger partial charge < -0.3 is 15.1 Å². The van der Waals surface area contributed by atoms with Gasteiger partial charge in [-0.05, 0) is 65.6 Å². The molecule has 0 aliphatic carbocycles. The van der Waals surface area contributed by atoms with Gasteiger partial charge in [-0.15, -0.1) is 0 Å². The second kappa shape index (κ2) is 11.3. The standard InChI is InChI=1S/C27H28ClN5O4S/c28-23-3-1-21-14-26(4-2-20(21)13-23)38(36,37)32-17-24(7-11-34)33(25(18-32)8-12-35)27-30-15-22(16-31-27)19-5-9-29-10-6-19/h1-6,9-10,13-16,24-25,34-35H,7-8,11-12,17-18H2. The predicted octanol–water partition coefficient (Wildman–Crippen LogP) is 3.36. The van der Waals surface area contributed by atoms with Crippen LogP contribution < -0.4 is 4.90 Å². The Morgan fingerprint density at radius 2 is 1.45 bits per heavy atom. The number of aliphatic hydroxyl groups is 2. The summed E-state index contributed by atoms with van der Waals surface area (Å²) >= 11 is 6.08. The molecular weight excluding hydrogens is 526 g/mol. The number of halogens is 1. The topological polar surface area (TPSA) is 120 Å². The van der Waals surface area contributed by atoms with E-state index in [1.165, 1.54) is 4.31 Å². The first-order valence-electron chi connectivity index (χ1n) is 12.3. The molecule has 1 fully saturated rings. The number of hydrogen-bond donors (Lipinski definition) is 2. The average molecular weight is 554 g/mol. The van der Waals surface area contributed by atoms with Crippen molar-refractivity contribution in [1.29, 1.82) is 0 Å². The smallest absolute Gasteiger partial charge is 0.243 e. The lowest BCUT2D eigenvalue weighted by molar-refractivity contribution is 0.201. The monoisotopic (exact) mass is 553 g/mol. The number of fused-ring (bicyclic) bond motifs is 1. The molecule has 2 N–H and O–H groups in total. The van der Waals surface area contributed by atoms with Crippen LogP contribution in [0.1, 0.15) is 12.8 Å². The highest BCUT2D eigenvalue weighted by Gasteiger charge is 2.40. The van der Waals surface area contributed by atoms with E-state index in [2.05, 4.69) is 15.0 Å². The van der Waals surface area contributed by atoms with Crippen molar-refractivity contribution in [3.63, 3.8) is 0 Å². The number of aromatic nitrogens is 3. The summed E-state index contributed by atoms with van der Waals surface area (Å²) in [5.41, 5.74) is 1.76. The Morgan fingerprint density at radius 3 is 2.08 bits per heavy atom. The molecule has 0 spiro atoms. The van der Waals surface area contributed by atoms with Crippen molar-refractivity contribution in [3.8, 4) is 11.1 Å². The predicted molar refractivity (Wildman–Crippen MR) is 146 cm³/mol. The second-order valence-corrected chi connectivity index (χ2v) is 11.6. The molecule has 198 valence electrons. The number of nitrogens with zero attached hydrogens (tertiary/aromatic N) is 5. The van der Waals surface area contributed by atoms with E-state index in [0.29, 0.717) is 23.8 Å². The number of benzene rings is 2. The Morgan fingerprint density at radius 1 is 0.842 bits per heavy atom. The molecule has 2 atom stereocenters. The minimum atomic E-state index is -3.85. The second-order valence-electron chi connectivity index (χ2n) is 9.22. The number of hydrogen-bond acceptors (Lipinski definition) is 8. The largest absolute Gasteiger partial charge is 0.396 e. The van der Waals surface area contributed by atoms with E-state index in [9.17, 15) is 18.6 Å². The molecule has 0 bridgehead atoms. The Kier molecular flexibility index (Phi) is 7.87. The molecule has 0 saturated carbocycles. The van der Waals surface area contributed by atoms with Crippen molar-refractivity contribution >= 4 is 38.3 Å². The number of rotatable bonds is 8. The van der Waals surface area contributed by atoms with Crippen molar-refractivity contribution in [2.45, 2.75) is 29.8 Å². The highest BCUT2D eigenvalue weighted by molar-refractivity contribution is 7.89. The SMILES string of the molecule is O=S(=O)(c1ccc2cc(Cl)ccc2c1)N1CC(CCO)N(c2ncc(-c3ccncc3)cn2)C(CCO)C1. The third kappa shape index (κ3) is 5.36. The zero-order valence-electron chi connectivity index (χ0n) is 20.6. The summed E-state index contributed by atoms with van der Waals surface area (Å²) in [6.45, 7) is 0.0390. The van der Waals surface area contributed by atoms with Gasteiger partial charge in [-0.2, -0.15) is 4.31 Å². The van der Waals surface area contributed by atoms with Gasteiger partial charge in [0.15, 0.2) is 0 Å². The first kappa shape index (κ1) is 26.5. The summed E-state index contributed by atoms with van der Waals surface area (Å²) in [5, 5.41) is 21.9. The molecular formula is C27H28ClN5O4S. The normalized spacial score (nSPS) is 18.7. The van der Waals surface area contributed by atoms with Crippen LogP contribution >= 0.6 is 11.6 Å². The molecule has 0 amide bonds. The summed E-state index contributed by atoms with van der Waals surface area (Å²) in [7, 11) is -3.85. The maximum atomic E-state index is 13.8. The lowest BCUT2D eigenvalue weighted by Gasteiger charge is -2.46. The van der Waals surface area contributed by atoms with E-state index in [1.807, 2.05) is 17.0 Å². The number of anilines is 1. The van der Waals surface area contributed by atoms with Gasteiger partial charge in [0, 0.05) is 73.8 Å². The molecule has 4 aromatic rings. The van der Waals surface area contributed by atoms with Crippen molar-refractivity contribution in [2.24, 2.45) is 0 Å². The molecule has 2 aromatic heterocycles. The number of sulfonamides is 1. The highest BCUT2D eigenvalue weighted by atomic mass is 35.5. The molecule has 0 radical (unpaired) electrons. The first-order chi connectivity index (χ1) is 18.4. The van der Waals surface area contributed by atoms with Crippen LogP contribution in [0.3, 0.4) is 0 Å². The van der Waals surface area contributed by atoms with E-state index in [0.717, 1.165) is 21.9 Å². The third-order valence-corrected chi connectivity index (χ3v) is 8.90. The molecule has 1 aliphatic rings. The van der Waals surface area contributed by atoms with E-state index in [1.54, 1.807) is 61.2 Å². The summed E-state index contributed by atoms with van der Waals surface area (Å²) < 4.78 is 29.0. The Hall–Kier alpha value is -3.15. The minimum Gasteiger partial charge on any atom is -0.396 e. The van der Waals surface area contributed by atoms with Crippen molar-refractivity contribution in [2.75, 3.05) is 31.2 Å². The molecule has 5 rings (SSSR count). The Balaban J connectivity index is 1.46. The zero-order chi connectivity index (χ0) is 26.7. The van der Waals surface area contributed by atoms with Crippen LogP contribution in [-0.4, -0.2) is 76.3 Å². The van der Waals surface area contributed by atoms with Crippen LogP contribution in [0.4, 0.5) is 5.95 Å². The minimum absolute atomic E-state index is 0.132. The Labute approximate surface area is 226 Å². The van der Waals surface area contributed by atoms with Crippen molar-refractivity contribution in [3.05, 3.63) is 78.3 Å². The van der Waals surface area contributed by atoms with Gasteiger partial charge >= 0.3 is 0 Å². The third-order valence-electron chi connectivity index (χ3n) is 6.83.